The minimum Gasteiger partial charge on any atom is -0.350 e. The molecule has 0 spiro atoms. The molecule has 3 rings (SSSR count). The predicted octanol–water partition coefficient (Wildman–Crippen LogP) is -0.211. The van der Waals surface area contributed by atoms with Crippen LogP contribution in [0.5, 0.6) is 0 Å². The molecule has 0 aromatic carbocycles. The SMILES string of the molecule is Cn1c(=O)[nH]cc(C(=O)NCCn2nc(-c3cccs3)ccc2=O)c1=O. The number of H-pyrrole nitrogens is 1. The number of carbonyl (C=O) groups excluding carboxylic acids is 1. The lowest BCUT2D eigenvalue weighted by Gasteiger charge is -2.08. The van der Waals surface area contributed by atoms with E-state index in [0.29, 0.717) is 5.69 Å². The van der Waals surface area contributed by atoms with Crippen molar-refractivity contribution in [1.82, 2.24) is 24.6 Å². The third-order valence-corrected chi connectivity index (χ3v) is 4.57. The fourth-order valence-corrected chi connectivity index (χ4v) is 2.95. The van der Waals surface area contributed by atoms with Crippen LogP contribution in [0.1, 0.15) is 10.4 Å². The van der Waals surface area contributed by atoms with Gasteiger partial charge < -0.3 is 10.3 Å². The first-order valence-electron chi connectivity index (χ1n) is 7.66. The maximum atomic E-state index is 12.1. The molecule has 0 saturated carbocycles. The third-order valence-electron chi connectivity index (χ3n) is 3.67. The van der Waals surface area contributed by atoms with Gasteiger partial charge in [0.1, 0.15) is 11.3 Å². The van der Waals surface area contributed by atoms with Crippen molar-refractivity contribution in [1.29, 1.82) is 0 Å². The standard InChI is InChI=1S/C16H15N5O4S/c1-20-15(24)10(9-18-16(20)25)14(23)17-6-7-21-13(22)5-4-11(19-21)12-3-2-8-26-12/h2-5,8-9H,6-7H2,1H3,(H,17,23)(H,18,25). The van der Waals surface area contributed by atoms with Crippen molar-refractivity contribution in [2.24, 2.45) is 7.05 Å². The molecule has 3 aromatic heterocycles. The molecule has 3 heterocycles. The van der Waals surface area contributed by atoms with E-state index < -0.39 is 17.2 Å². The third kappa shape index (κ3) is 3.54. The fourth-order valence-electron chi connectivity index (χ4n) is 2.26. The molecule has 0 unspecified atom stereocenters. The lowest BCUT2D eigenvalue weighted by Crippen LogP contribution is -2.40. The molecule has 10 heteroatoms. The van der Waals surface area contributed by atoms with E-state index in [9.17, 15) is 19.2 Å². The maximum Gasteiger partial charge on any atom is 0.328 e. The van der Waals surface area contributed by atoms with E-state index in [-0.39, 0.29) is 24.2 Å². The minimum atomic E-state index is -0.693. The second kappa shape index (κ2) is 7.31. The summed E-state index contributed by atoms with van der Waals surface area (Å²) >= 11 is 1.51. The number of hydrogen-bond donors (Lipinski definition) is 2. The smallest absolute Gasteiger partial charge is 0.328 e. The molecule has 134 valence electrons. The van der Waals surface area contributed by atoms with E-state index in [1.807, 2.05) is 17.5 Å². The normalized spacial score (nSPS) is 10.7. The van der Waals surface area contributed by atoms with E-state index >= 15 is 0 Å². The number of nitrogens with zero attached hydrogens (tertiary/aromatic N) is 3. The molecule has 0 aliphatic heterocycles. The highest BCUT2D eigenvalue weighted by Gasteiger charge is 2.13. The second-order valence-electron chi connectivity index (χ2n) is 5.38. The van der Waals surface area contributed by atoms with Crippen LogP contribution in [0.2, 0.25) is 0 Å². The van der Waals surface area contributed by atoms with Crippen molar-refractivity contribution >= 4 is 17.2 Å². The van der Waals surface area contributed by atoms with Gasteiger partial charge >= 0.3 is 5.69 Å². The quantitative estimate of drug-likeness (QED) is 0.641. The average Bonchev–Trinajstić information content (AvgIpc) is 3.16. The second-order valence-corrected chi connectivity index (χ2v) is 6.33. The summed E-state index contributed by atoms with van der Waals surface area (Å²) in [6.45, 7) is 0.245. The van der Waals surface area contributed by atoms with Gasteiger partial charge in [-0.1, -0.05) is 6.07 Å². The van der Waals surface area contributed by atoms with Gasteiger partial charge in [0.25, 0.3) is 17.0 Å². The van der Waals surface area contributed by atoms with Crippen LogP contribution < -0.4 is 22.1 Å². The molecule has 0 aliphatic carbocycles. The van der Waals surface area contributed by atoms with Crippen molar-refractivity contribution in [2.45, 2.75) is 6.54 Å². The van der Waals surface area contributed by atoms with Crippen LogP contribution in [-0.4, -0.2) is 31.8 Å². The number of carbonyl (C=O) groups is 1. The average molecular weight is 373 g/mol. The van der Waals surface area contributed by atoms with Crippen LogP contribution in [0.3, 0.4) is 0 Å². The van der Waals surface area contributed by atoms with Crippen molar-refractivity contribution in [2.75, 3.05) is 6.54 Å². The Balaban J connectivity index is 1.70. The van der Waals surface area contributed by atoms with Crippen LogP contribution in [0.15, 0.2) is 50.2 Å². The first kappa shape index (κ1) is 17.5. The van der Waals surface area contributed by atoms with Gasteiger partial charge in [0.05, 0.1) is 11.4 Å². The number of nitrogens with one attached hydrogen (secondary N) is 2. The van der Waals surface area contributed by atoms with E-state index in [4.69, 9.17) is 0 Å². The van der Waals surface area contributed by atoms with Crippen molar-refractivity contribution in [3.63, 3.8) is 0 Å². The Bertz CT molecular complexity index is 1110. The van der Waals surface area contributed by atoms with Gasteiger partial charge in [0.15, 0.2) is 0 Å². The summed E-state index contributed by atoms with van der Waals surface area (Å²) < 4.78 is 2.06. The molecule has 26 heavy (non-hydrogen) atoms. The first-order valence-corrected chi connectivity index (χ1v) is 8.54. The fraction of sp³-hybridized carbons (Fsp3) is 0.188. The van der Waals surface area contributed by atoms with E-state index in [1.165, 1.54) is 29.1 Å². The zero-order chi connectivity index (χ0) is 18.7. The van der Waals surface area contributed by atoms with E-state index in [1.54, 1.807) is 6.07 Å². The van der Waals surface area contributed by atoms with E-state index in [0.717, 1.165) is 15.6 Å². The predicted molar refractivity (Wildman–Crippen MR) is 96.4 cm³/mol. The van der Waals surface area contributed by atoms with Crippen molar-refractivity contribution in [3.8, 4) is 10.6 Å². The Labute approximate surface area is 150 Å². The molecule has 0 fully saturated rings. The number of amides is 1. The molecule has 0 atom stereocenters. The first-order chi connectivity index (χ1) is 12.5. The Morgan fingerprint density at radius 3 is 2.81 bits per heavy atom. The van der Waals surface area contributed by atoms with Gasteiger partial charge in [-0.2, -0.15) is 5.10 Å². The highest BCUT2D eigenvalue weighted by atomic mass is 32.1. The summed E-state index contributed by atoms with van der Waals surface area (Å²) in [4.78, 5) is 50.5. The van der Waals surface area contributed by atoms with Crippen molar-refractivity contribution < 1.29 is 4.79 Å². The lowest BCUT2D eigenvalue weighted by molar-refractivity contribution is 0.0949. The highest BCUT2D eigenvalue weighted by molar-refractivity contribution is 7.13. The highest BCUT2D eigenvalue weighted by Crippen LogP contribution is 2.20. The molecular weight excluding hydrogens is 358 g/mol. The Morgan fingerprint density at radius 2 is 2.08 bits per heavy atom. The summed E-state index contributed by atoms with van der Waals surface area (Å²) in [5.41, 5.74) is -1.10. The molecular formula is C16H15N5O4S. The summed E-state index contributed by atoms with van der Waals surface area (Å²) in [5, 5.41) is 8.74. The Morgan fingerprint density at radius 1 is 1.27 bits per heavy atom. The number of rotatable bonds is 5. The van der Waals surface area contributed by atoms with Crippen LogP contribution in [0.4, 0.5) is 0 Å². The van der Waals surface area contributed by atoms with Crippen LogP contribution in [-0.2, 0) is 13.6 Å². The molecule has 1 amide bonds. The summed E-state index contributed by atoms with van der Waals surface area (Å²) in [6, 6.07) is 6.85. The van der Waals surface area contributed by atoms with Crippen molar-refractivity contribution in [3.05, 3.63) is 72.6 Å². The van der Waals surface area contributed by atoms with Gasteiger partial charge in [0.2, 0.25) is 0 Å². The monoisotopic (exact) mass is 373 g/mol. The molecule has 3 aromatic rings. The van der Waals surface area contributed by atoms with Crippen LogP contribution in [0.25, 0.3) is 10.6 Å². The lowest BCUT2D eigenvalue weighted by atomic mass is 10.3. The minimum absolute atomic E-state index is 0.0991. The topological polar surface area (TPSA) is 119 Å². The number of aromatic nitrogens is 4. The molecule has 2 N–H and O–H groups in total. The summed E-state index contributed by atoms with van der Waals surface area (Å²) in [5.74, 6) is -0.635. The molecule has 0 aliphatic rings. The van der Waals surface area contributed by atoms with Crippen LogP contribution >= 0.6 is 11.3 Å². The summed E-state index contributed by atoms with van der Waals surface area (Å²) in [6.07, 6.45) is 1.07. The zero-order valence-electron chi connectivity index (χ0n) is 13.8. The zero-order valence-corrected chi connectivity index (χ0v) is 14.6. The largest absolute Gasteiger partial charge is 0.350 e. The van der Waals surface area contributed by atoms with Gasteiger partial charge in [-0.15, -0.1) is 11.3 Å². The van der Waals surface area contributed by atoms with Gasteiger partial charge in [-0.3, -0.25) is 19.0 Å². The number of aromatic amines is 1. The van der Waals surface area contributed by atoms with Gasteiger partial charge in [-0.05, 0) is 17.5 Å². The molecule has 0 bridgehead atoms. The molecule has 0 saturated heterocycles. The van der Waals surface area contributed by atoms with Crippen LogP contribution in [0, 0.1) is 0 Å². The number of hydrogen-bond acceptors (Lipinski definition) is 6. The summed E-state index contributed by atoms with van der Waals surface area (Å²) in [7, 11) is 1.28. The number of thiophene rings is 1. The molecule has 0 radical (unpaired) electrons. The Kier molecular flexibility index (Phi) is 4.94. The van der Waals surface area contributed by atoms with E-state index in [2.05, 4.69) is 15.4 Å². The maximum absolute atomic E-state index is 12.1. The van der Waals surface area contributed by atoms with Gasteiger partial charge in [-0.25, -0.2) is 9.48 Å². The Hall–Kier alpha value is -3.27. The van der Waals surface area contributed by atoms with Gasteiger partial charge in [0, 0.05) is 25.9 Å². The molecule has 9 nitrogen and oxygen atoms in total.